The number of halogens is 4. The minimum Gasteiger partial charge on any atom is -0.485 e. The zero-order valence-corrected chi connectivity index (χ0v) is 10.7. The summed E-state index contributed by atoms with van der Waals surface area (Å²) in [7, 11) is 0. The van der Waals surface area contributed by atoms with Crippen LogP contribution >= 0.6 is 11.3 Å². The number of hydrogen-bond acceptors (Lipinski definition) is 3. The molecule has 20 heavy (non-hydrogen) atoms. The second-order valence-electron chi connectivity index (χ2n) is 3.83. The molecule has 0 aliphatic rings. The third-order valence-corrected chi connectivity index (χ3v) is 3.32. The van der Waals surface area contributed by atoms with Gasteiger partial charge < -0.3 is 4.74 Å². The van der Waals surface area contributed by atoms with Crippen LogP contribution in [-0.2, 0) is 6.18 Å². The zero-order chi connectivity index (χ0) is 14.8. The molecule has 2 aromatic rings. The summed E-state index contributed by atoms with van der Waals surface area (Å²) in [5, 5.41) is 1.70. The molecule has 2 nitrogen and oxygen atoms in total. The highest BCUT2D eigenvalue weighted by atomic mass is 32.1. The molecule has 1 aromatic carbocycles. The maximum absolute atomic E-state index is 13.0. The van der Waals surface area contributed by atoms with Crippen molar-refractivity contribution in [2.75, 3.05) is 6.61 Å². The number of benzene rings is 1. The van der Waals surface area contributed by atoms with E-state index in [0.717, 1.165) is 6.07 Å². The van der Waals surface area contributed by atoms with Gasteiger partial charge in [0.25, 0.3) is 0 Å². The average Bonchev–Trinajstić information content (AvgIpc) is 2.90. The summed E-state index contributed by atoms with van der Waals surface area (Å²) in [6, 6.07) is 5.51. The minimum atomic E-state index is -4.80. The topological polar surface area (TPSA) is 26.3 Å². The molecule has 0 aliphatic carbocycles. The summed E-state index contributed by atoms with van der Waals surface area (Å²) in [4.78, 5) is 12.1. The molecule has 0 N–H and O–H groups in total. The van der Waals surface area contributed by atoms with E-state index in [-0.39, 0.29) is 11.5 Å². The molecule has 0 bridgehead atoms. The lowest BCUT2D eigenvalue weighted by molar-refractivity contribution is -0.140. The van der Waals surface area contributed by atoms with Crippen LogP contribution in [0, 0.1) is 5.82 Å². The molecule has 1 heterocycles. The van der Waals surface area contributed by atoms with Crippen molar-refractivity contribution in [1.82, 2.24) is 0 Å². The third kappa shape index (κ3) is 3.36. The van der Waals surface area contributed by atoms with Crippen LogP contribution in [0.15, 0.2) is 35.7 Å². The number of carbonyl (C=O) groups excluding carboxylic acids is 1. The number of ketones is 1. The Labute approximate surface area is 115 Å². The number of alkyl halides is 3. The van der Waals surface area contributed by atoms with Crippen LogP contribution in [0.4, 0.5) is 17.6 Å². The highest BCUT2D eigenvalue weighted by Crippen LogP contribution is 2.33. The minimum absolute atomic E-state index is 0.205. The van der Waals surface area contributed by atoms with Crippen molar-refractivity contribution in [2.45, 2.75) is 6.18 Å². The molecule has 0 aliphatic heterocycles. The van der Waals surface area contributed by atoms with E-state index in [0.29, 0.717) is 17.0 Å². The monoisotopic (exact) mass is 304 g/mol. The van der Waals surface area contributed by atoms with Crippen LogP contribution in [0.5, 0.6) is 5.75 Å². The van der Waals surface area contributed by atoms with Gasteiger partial charge in [0.05, 0.1) is 10.4 Å². The largest absolute Gasteiger partial charge is 0.485 e. The average molecular weight is 304 g/mol. The maximum Gasteiger partial charge on any atom is 0.419 e. The van der Waals surface area contributed by atoms with Gasteiger partial charge in [-0.05, 0) is 29.6 Å². The summed E-state index contributed by atoms with van der Waals surface area (Å²) in [6.07, 6.45) is -4.80. The van der Waals surface area contributed by atoms with Gasteiger partial charge >= 0.3 is 6.18 Å². The first-order chi connectivity index (χ1) is 9.38. The summed E-state index contributed by atoms with van der Waals surface area (Å²) in [5.41, 5.74) is -1.42. The van der Waals surface area contributed by atoms with Gasteiger partial charge in [0.1, 0.15) is 11.6 Å². The van der Waals surface area contributed by atoms with Crippen molar-refractivity contribution in [3.8, 4) is 5.75 Å². The van der Waals surface area contributed by atoms with Crippen molar-refractivity contribution in [3.05, 3.63) is 52.0 Å². The Morgan fingerprint density at radius 3 is 2.60 bits per heavy atom. The molecular formula is C13H8F4O2S. The lowest BCUT2D eigenvalue weighted by Gasteiger charge is -2.10. The second kappa shape index (κ2) is 5.62. The number of carbonyl (C=O) groups is 1. The van der Waals surface area contributed by atoms with Gasteiger partial charge in [0.15, 0.2) is 6.61 Å². The highest BCUT2D eigenvalue weighted by molar-refractivity contribution is 7.12. The van der Waals surface area contributed by atoms with E-state index in [1.807, 2.05) is 0 Å². The van der Waals surface area contributed by atoms with Gasteiger partial charge in [-0.2, -0.15) is 13.2 Å². The molecule has 7 heteroatoms. The molecule has 0 saturated heterocycles. The summed E-state index contributed by atoms with van der Waals surface area (Å²) in [6.45, 7) is -0.399. The van der Waals surface area contributed by atoms with E-state index < -0.39 is 24.2 Å². The molecule has 0 spiro atoms. The smallest absolute Gasteiger partial charge is 0.419 e. The standard InChI is InChI=1S/C13H8F4O2S/c14-10-4-3-8(6-9(10)13(15,16)17)19-7-11(18)12-2-1-5-20-12/h1-6H,7H2. The zero-order valence-electron chi connectivity index (χ0n) is 9.91. The molecule has 2 rings (SSSR count). The quantitative estimate of drug-likeness (QED) is 0.626. The van der Waals surface area contributed by atoms with E-state index in [1.54, 1.807) is 17.5 Å². The van der Waals surface area contributed by atoms with Crippen LogP contribution in [0.2, 0.25) is 0 Å². The first-order valence-corrected chi connectivity index (χ1v) is 6.32. The Morgan fingerprint density at radius 2 is 2.00 bits per heavy atom. The molecule has 1 aromatic heterocycles. The van der Waals surface area contributed by atoms with E-state index in [4.69, 9.17) is 4.74 Å². The third-order valence-electron chi connectivity index (χ3n) is 2.41. The van der Waals surface area contributed by atoms with Gasteiger partial charge in [-0.15, -0.1) is 11.3 Å². The number of Topliss-reactive ketones (excluding diaryl/α,β-unsaturated/α-hetero) is 1. The SMILES string of the molecule is O=C(COc1ccc(F)c(C(F)(F)F)c1)c1cccs1. The van der Waals surface area contributed by atoms with E-state index in [1.165, 1.54) is 11.3 Å². The summed E-state index contributed by atoms with van der Waals surface area (Å²) < 4.78 is 55.5. The molecule has 106 valence electrons. The first kappa shape index (κ1) is 14.5. The van der Waals surface area contributed by atoms with Crippen molar-refractivity contribution >= 4 is 17.1 Å². The normalized spacial score (nSPS) is 11.4. The van der Waals surface area contributed by atoms with Crippen molar-refractivity contribution < 1.29 is 27.1 Å². The molecule has 0 saturated carbocycles. The molecule has 0 radical (unpaired) electrons. The van der Waals surface area contributed by atoms with Crippen molar-refractivity contribution in [1.29, 1.82) is 0 Å². The fourth-order valence-electron chi connectivity index (χ4n) is 1.47. The molecule has 0 atom stereocenters. The molecule has 0 fully saturated rings. The van der Waals surface area contributed by atoms with Gasteiger partial charge in [-0.25, -0.2) is 4.39 Å². The van der Waals surface area contributed by atoms with Gasteiger partial charge in [0, 0.05) is 0 Å². The van der Waals surface area contributed by atoms with Crippen LogP contribution < -0.4 is 4.74 Å². The summed E-state index contributed by atoms with van der Waals surface area (Å²) in [5.74, 6) is -1.93. The Kier molecular flexibility index (Phi) is 4.08. The lowest BCUT2D eigenvalue weighted by atomic mass is 10.2. The first-order valence-electron chi connectivity index (χ1n) is 5.44. The number of hydrogen-bond donors (Lipinski definition) is 0. The number of thiophene rings is 1. The molecular weight excluding hydrogens is 296 g/mol. The Hall–Kier alpha value is -1.89. The van der Waals surface area contributed by atoms with Gasteiger partial charge in [0.2, 0.25) is 5.78 Å². The second-order valence-corrected chi connectivity index (χ2v) is 4.78. The van der Waals surface area contributed by atoms with E-state index >= 15 is 0 Å². The van der Waals surface area contributed by atoms with E-state index in [2.05, 4.69) is 0 Å². The summed E-state index contributed by atoms with van der Waals surface area (Å²) >= 11 is 1.21. The predicted molar refractivity (Wildman–Crippen MR) is 65.5 cm³/mol. The van der Waals surface area contributed by atoms with Gasteiger partial charge in [-0.1, -0.05) is 6.07 Å². The maximum atomic E-state index is 13.0. The Bertz CT molecular complexity index is 605. The predicted octanol–water partition coefficient (Wildman–Crippen LogP) is 4.17. The van der Waals surface area contributed by atoms with Crippen molar-refractivity contribution in [2.24, 2.45) is 0 Å². The highest BCUT2D eigenvalue weighted by Gasteiger charge is 2.34. The molecule has 0 unspecified atom stereocenters. The Morgan fingerprint density at radius 1 is 1.25 bits per heavy atom. The molecule has 0 amide bonds. The van der Waals surface area contributed by atoms with Crippen LogP contribution in [0.3, 0.4) is 0 Å². The van der Waals surface area contributed by atoms with Crippen LogP contribution in [0.25, 0.3) is 0 Å². The number of rotatable bonds is 4. The number of ether oxygens (including phenoxy) is 1. The lowest BCUT2D eigenvalue weighted by Crippen LogP contribution is -2.12. The fourth-order valence-corrected chi connectivity index (χ4v) is 2.12. The van der Waals surface area contributed by atoms with Gasteiger partial charge in [-0.3, -0.25) is 4.79 Å². The van der Waals surface area contributed by atoms with E-state index in [9.17, 15) is 22.4 Å². The fraction of sp³-hybridized carbons (Fsp3) is 0.154. The van der Waals surface area contributed by atoms with Crippen LogP contribution in [-0.4, -0.2) is 12.4 Å². The van der Waals surface area contributed by atoms with Crippen molar-refractivity contribution in [3.63, 3.8) is 0 Å². The van der Waals surface area contributed by atoms with Crippen LogP contribution in [0.1, 0.15) is 15.2 Å². The Balaban J connectivity index is 2.09.